The SMILES string of the molecule is CCOC(=O)c1c(NC(=O)C(C)Sc2nc3ccccc3c(=O)n2CC)sc2c1CCc1ccccc1-2. The van der Waals surface area contributed by atoms with E-state index in [1.54, 1.807) is 30.5 Å². The Balaban J connectivity index is 1.46. The standard InChI is InChI=1S/C28H27N3O4S2/c1-4-31-26(33)19-12-8-9-13-21(19)29-28(31)36-16(3)24(32)30-25-22(27(34)35-5-2)20-15-14-17-10-6-7-11-18(17)23(20)37-25/h6-13,16H,4-5,14-15H2,1-3H3,(H,30,32). The van der Waals surface area contributed by atoms with Crippen molar-refractivity contribution >= 4 is 50.9 Å². The molecule has 2 aromatic heterocycles. The normalized spacial score (nSPS) is 13.1. The molecule has 37 heavy (non-hydrogen) atoms. The number of thiophene rings is 1. The summed E-state index contributed by atoms with van der Waals surface area (Å²) in [5.41, 5.74) is 4.16. The van der Waals surface area contributed by atoms with E-state index < -0.39 is 11.2 Å². The number of benzene rings is 2. The molecule has 0 radical (unpaired) electrons. The van der Waals surface area contributed by atoms with Gasteiger partial charge in [-0.25, -0.2) is 9.78 Å². The zero-order valence-corrected chi connectivity index (χ0v) is 22.5. The van der Waals surface area contributed by atoms with Gasteiger partial charge in [0.2, 0.25) is 5.91 Å². The molecule has 0 fully saturated rings. The van der Waals surface area contributed by atoms with Gasteiger partial charge in [-0.2, -0.15) is 0 Å². The van der Waals surface area contributed by atoms with Gasteiger partial charge in [-0.05, 0) is 62.4 Å². The maximum Gasteiger partial charge on any atom is 0.341 e. The zero-order chi connectivity index (χ0) is 26.1. The van der Waals surface area contributed by atoms with Gasteiger partial charge in [0, 0.05) is 11.4 Å². The highest BCUT2D eigenvalue weighted by Crippen LogP contribution is 2.45. The summed E-state index contributed by atoms with van der Waals surface area (Å²) < 4.78 is 6.95. The fraction of sp³-hybridized carbons (Fsp3) is 0.286. The number of carbonyl (C=O) groups is 2. The van der Waals surface area contributed by atoms with Crippen molar-refractivity contribution in [2.24, 2.45) is 0 Å². The lowest BCUT2D eigenvalue weighted by Crippen LogP contribution is -2.27. The molecule has 2 aromatic carbocycles. The second-order valence-corrected chi connectivity index (χ2v) is 11.0. The van der Waals surface area contributed by atoms with E-state index in [4.69, 9.17) is 4.74 Å². The lowest BCUT2D eigenvalue weighted by Gasteiger charge is -2.17. The first-order chi connectivity index (χ1) is 17.9. The Morgan fingerprint density at radius 3 is 2.68 bits per heavy atom. The number of esters is 1. The third kappa shape index (κ3) is 4.69. The van der Waals surface area contributed by atoms with Crippen LogP contribution in [0.15, 0.2) is 58.5 Å². The summed E-state index contributed by atoms with van der Waals surface area (Å²) in [6.07, 6.45) is 1.54. The number of fused-ring (bicyclic) bond motifs is 4. The van der Waals surface area contributed by atoms with Crippen LogP contribution in [-0.4, -0.2) is 33.3 Å². The van der Waals surface area contributed by atoms with Gasteiger partial charge in [0.1, 0.15) is 5.00 Å². The Morgan fingerprint density at radius 2 is 1.89 bits per heavy atom. The van der Waals surface area contributed by atoms with Crippen LogP contribution in [-0.2, 0) is 28.9 Å². The Morgan fingerprint density at radius 1 is 1.14 bits per heavy atom. The highest BCUT2D eigenvalue weighted by Gasteiger charge is 2.30. The quantitative estimate of drug-likeness (QED) is 0.191. The van der Waals surface area contributed by atoms with Gasteiger partial charge < -0.3 is 10.1 Å². The molecular weight excluding hydrogens is 506 g/mol. The number of ether oxygens (including phenoxy) is 1. The summed E-state index contributed by atoms with van der Waals surface area (Å²) >= 11 is 2.64. The molecule has 0 saturated carbocycles. The van der Waals surface area contributed by atoms with Crippen molar-refractivity contribution in [3.63, 3.8) is 0 Å². The number of carbonyl (C=O) groups excluding carboxylic acids is 2. The number of thioether (sulfide) groups is 1. The lowest BCUT2D eigenvalue weighted by atomic mass is 9.89. The molecule has 0 spiro atoms. The van der Waals surface area contributed by atoms with Crippen molar-refractivity contribution in [1.82, 2.24) is 9.55 Å². The molecule has 0 bridgehead atoms. The summed E-state index contributed by atoms with van der Waals surface area (Å²) in [5, 5.41) is 3.96. The first-order valence-corrected chi connectivity index (χ1v) is 14.0. The fourth-order valence-corrected chi connectivity index (χ4v) is 6.86. The minimum atomic E-state index is -0.563. The highest BCUT2D eigenvalue weighted by atomic mass is 32.2. The first-order valence-electron chi connectivity index (χ1n) is 12.3. The average molecular weight is 534 g/mol. The molecule has 190 valence electrons. The number of nitrogens with zero attached hydrogens (tertiary/aromatic N) is 2. The largest absolute Gasteiger partial charge is 0.462 e. The zero-order valence-electron chi connectivity index (χ0n) is 20.9. The molecule has 0 aliphatic heterocycles. The number of nitrogens with one attached hydrogen (secondary N) is 1. The molecular formula is C28H27N3O4S2. The highest BCUT2D eigenvalue weighted by molar-refractivity contribution is 8.00. The van der Waals surface area contributed by atoms with E-state index in [1.165, 1.54) is 28.7 Å². The monoisotopic (exact) mass is 533 g/mol. The number of amides is 1. The Hall–Kier alpha value is -3.43. The average Bonchev–Trinajstić information content (AvgIpc) is 3.27. The smallest absolute Gasteiger partial charge is 0.341 e. The van der Waals surface area contributed by atoms with Gasteiger partial charge in [0.15, 0.2) is 5.16 Å². The van der Waals surface area contributed by atoms with Crippen molar-refractivity contribution in [3.05, 3.63) is 75.6 Å². The van der Waals surface area contributed by atoms with Gasteiger partial charge in [0.25, 0.3) is 5.56 Å². The third-order valence-electron chi connectivity index (χ3n) is 6.42. The summed E-state index contributed by atoms with van der Waals surface area (Å²) in [5.74, 6) is -0.696. The minimum absolute atomic E-state index is 0.127. The predicted molar refractivity (Wildman–Crippen MR) is 149 cm³/mol. The molecule has 4 aromatic rings. The van der Waals surface area contributed by atoms with Gasteiger partial charge in [-0.15, -0.1) is 11.3 Å². The van der Waals surface area contributed by atoms with Gasteiger partial charge in [-0.3, -0.25) is 14.2 Å². The number of hydrogen-bond donors (Lipinski definition) is 1. The van der Waals surface area contributed by atoms with Crippen molar-refractivity contribution in [1.29, 1.82) is 0 Å². The van der Waals surface area contributed by atoms with Crippen molar-refractivity contribution in [3.8, 4) is 10.4 Å². The molecule has 1 aliphatic rings. The van der Waals surface area contributed by atoms with E-state index in [1.807, 2.05) is 31.2 Å². The van der Waals surface area contributed by atoms with E-state index >= 15 is 0 Å². The van der Waals surface area contributed by atoms with E-state index in [2.05, 4.69) is 22.4 Å². The van der Waals surface area contributed by atoms with Crippen LogP contribution in [0.25, 0.3) is 21.3 Å². The number of para-hydroxylation sites is 1. The van der Waals surface area contributed by atoms with Gasteiger partial charge in [0.05, 0.1) is 28.3 Å². The number of hydrogen-bond acceptors (Lipinski definition) is 7. The molecule has 5 rings (SSSR count). The molecule has 1 atom stereocenters. The lowest BCUT2D eigenvalue weighted by molar-refractivity contribution is -0.115. The number of aryl methyl sites for hydroxylation is 1. The van der Waals surface area contributed by atoms with Crippen LogP contribution >= 0.6 is 23.1 Å². The number of anilines is 1. The van der Waals surface area contributed by atoms with Crippen LogP contribution in [0.3, 0.4) is 0 Å². The number of rotatable bonds is 7. The predicted octanol–water partition coefficient (Wildman–Crippen LogP) is 5.54. The summed E-state index contributed by atoms with van der Waals surface area (Å²) in [6.45, 7) is 6.12. The Labute approximate surface area is 222 Å². The molecule has 1 unspecified atom stereocenters. The van der Waals surface area contributed by atoms with Crippen LogP contribution < -0.4 is 10.9 Å². The van der Waals surface area contributed by atoms with Crippen molar-refractivity contribution < 1.29 is 14.3 Å². The molecule has 0 saturated heterocycles. The Kier molecular flexibility index (Phi) is 7.17. The van der Waals surface area contributed by atoms with Crippen molar-refractivity contribution in [2.45, 2.75) is 50.6 Å². The molecule has 1 amide bonds. The van der Waals surface area contributed by atoms with E-state index in [9.17, 15) is 14.4 Å². The van der Waals surface area contributed by atoms with Crippen LogP contribution in [0, 0.1) is 0 Å². The van der Waals surface area contributed by atoms with Crippen LogP contribution in [0.5, 0.6) is 0 Å². The second kappa shape index (κ2) is 10.5. The maximum atomic E-state index is 13.4. The van der Waals surface area contributed by atoms with Crippen LogP contribution in [0.2, 0.25) is 0 Å². The van der Waals surface area contributed by atoms with E-state index in [0.29, 0.717) is 39.6 Å². The first kappa shape index (κ1) is 25.2. The molecule has 2 heterocycles. The van der Waals surface area contributed by atoms with Crippen LogP contribution in [0.1, 0.15) is 42.3 Å². The summed E-state index contributed by atoms with van der Waals surface area (Å²) in [4.78, 5) is 45.0. The topological polar surface area (TPSA) is 90.3 Å². The summed E-state index contributed by atoms with van der Waals surface area (Å²) in [6, 6.07) is 15.4. The number of aromatic nitrogens is 2. The minimum Gasteiger partial charge on any atom is -0.462 e. The van der Waals surface area contributed by atoms with Crippen molar-refractivity contribution in [2.75, 3.05) is 11.9 Å². The third-order valence-corrected chi connectivity index (χ3v) is 8.69. The molecule has 1 aliphatic carbocycles. The van der Waals surface area contributed by atoms with Crippen LogP contribution in [0.4, 0.5) is 5.00 Å². The van der Waals surface area contributed by atoms with Gasteiger partial charge in [-0.1, -0.05) is 48.2 Å². The second-order valence-electron chi connectivity index (χ2n) is 8.70. The van der Waals surface area contributed by atoms with E-state index in [0.717, 1.165) is 22.4 Å². The van der Waals surface area contributed by atoms with Gasteiger partial charge >= 0.3 is 5.97 Å². The Bertz CT molecular complexity index is 1570. The molecule has 7 nitrogen and oxygen atoms in total. The molecule has 1 N–H and O–H groups in total. The van der Waals surface area contributed by atoms with E-state index in [-0.39, 0.29) is 18.1 Å². The maximum absolute atomic E-state index is 13.4. The molecule has 9 heteroatoms. The fourth-order valence-electron chi connectivity index (χ4n) is 4.59. The summed E-state index contributed by atoms with van der Waals surface area (Å²) in [7, 11) is 0.